The minimum Gasteiger partial charge on any atom is -0.497 e. The highest BCUT2D eigenvalue weighted by Gasteiger charge is 2.08. The van der Waals surface area contributed by atoms with Crippen LogP contribution in [0.2, 0.25) is 0 Å². The Hall–Kier alpha value is -2.56. The Kier molecular flexibility index (Phi) is 3.25. The summed E-state index contributed by atoms with van der Waals surface area (Å²) in [6, 6.07) is 11.6. The Balaban J connectivity index is 1.81. The largest absolute Gasteiger partial charge is 0.497 e. The van der Waals surface area contributed by atoms with E-state index in [0.29, 0.717) is 0 Å². The minimum atomic E-state index is 0.741. The van der Waals surface area contributed by atoms with E-state index in [1.54, 1.807) is 18.0 Å². The van der Waals surface area contributed by atoms with Gasteiger partial charge in [-0.15, -0.1) is 0 Å². The van der Waals surface area contributed by atoms with Crippen LogP contribution in [0.4, 0.5) is 0 Å². The van der Waals surface area contributed by atoms with Gasteiger partial charge in [0.15, 0.2) is 0 Å². The maximum atomic E-state index is 6.07. The van der Waals surface area contributed by atoms with Crippen LogP contribution in [0.5, 0.6) is 5.75 Å². The second-order valence-corrected chi connectivity index (χ2v) is 4.57. The third-order valence-electron chi connectivity index (χ3n) is 3.30. The number of rotatable bonds is 4. The van der Waals surface area contributed by atoms with Gasteiger partial charge in [-0.05, 0) is 24.6 Å². The van der Waals surface area contributed by atoms with Crippen molar-refractivity contribution in [1.82, 2.24) is 14.6 Å². The van der Waals surface area contributed by atoms with Crippen molar-refractivity contribution in [2.45, 2.75) is 12.8 Å². The summed E-state index contributed by atoms with van der Waals surface area (Å²) < 4.78 is 6.84. The van der Waals surface area contributed by atoms with Gasteiger partial charge in [0.25, 0.3) is 0 Å². The summed E-state index contributed by atoms with van der Waals surface area (Å²) >= 11 is 0. The van der Waals surface area contributed by atoms with E-state index in [9.17, 15) is 0 Å². The third kappa shape index (κ3) is 2.30. The van der Waals surface area contributed by atoms with Crippen LogP contribution in [0.25, 0.3) is 11.0 Å². The van der Waals surface area contributed by atoms with Crippen molar-refractivity contribution in [3.8, 4) is 5.75 Å². The molecule has 0 amide bonds. The molecule has 0 fully saturated rings. The number of fused-ring (bicyclic) bond motifs is 1. The lowest BCUT2D eigenvalue weighted by atomic mass is 10.2. The topological polar surface area (TPSA) is 66.0 Å². The molecule has 1 aromatic carbocycles. The van der Waals surface area contributed by atoms with Crippen LogP contribution in [0.3, 0.4) is 0 Å². The molecule has 2 N–H and O–H groups in total. The average molecular weight is 268 g/mol. The van der Waals surface area contributed by atoms with Crippen molar-refractivity contribution in [3.63, 3.8) is 0 Å². The number of methoxy groups -OCH3 is 1. The summed E-state index contributed by atoms with van der Waals surface area (Å²) in [7, 11) is 1.65. The monoisotopic (exact) mass is 268 g/mol. The molecule has 3 rings (SSSR count). The van der Waals surface area contributed by atoms with E-state index in [0.717, 1.165) is 41.1 Å². The molecule has 0 unspecified atom stereocenters. The van der Waals surface area contributed by atoms with Gasteiger partial charge in [-0.25, -0.2) is 9.66 Å². The smallest absolute Gasteiger partial charge is 0.128 e. The van der Waals surface area contributed by atoms with E-state index < -0.39 is 0 Å². The third-order valence-corrected chi connectivity index (χ3v) is 3.30. The Bertz CT molecular complexity index is 736. The van der Waals surface area contributed by atoms with Gasteiger partial charge in [0.05, 0.1) is 18.1 Å². The van der Waals surface area contributed by atoms with Crippen LogP contribution in [0.15, 0.2) is 42.6 Å². The maximum Gasteiger partial charge on any atom is 0.128 e. The van der Waals surface area contributed by atoms with E-state index in [4.69, 9.17) is 10.6 Å². The molecule has 0 spiro atoms. The average Bonchev–Trinajstić information content (AvgIpc) is 2.82. The standard InChI is InChI=1S/C15H16N4O/c1-20-12-8-9-17-11(10-12)6-7-15-18-13-4-2-3-5-14(13)19(15)16/h2-5,8-10H,6-7,16H2,1H3. The number of aromatic nitrogens is 3. The molecule has 2 aromatic heterocycles. The summed E-state index contributed by atoms with van der Waals surface area (Å²) in [6.45, 7) is 0. The number of nitrogen functional groups attached to an aromatic ring is 1. The van der Waals surface area contributed by atoms with E-state index in [1.165, 1.54) is 0 Å². The van der Waals surface area contributed by atoms with Crippen molar-refractivity contribution in [2.75, 3.05) is 13.0 Å². The molecule has 5 heteroatoms. The predicted molar refractivity (Wildman–Crippen MR) is 78.1 cm³/mol. The number of ether oxygens (including phenoxy) is 1. The second kappa shape index (κ2) is 5.21. The van der Waals surface area contributed by atoms with Gasteiger partial charge < -0.3 is 10.6 Å². The van der Waals surface area contributed by atoms with Crippen molar-refractivity contribution in [2.24, 2.45) is 0 Å². The van der Waals surface area contributed by atoms with Gasteiger partial charge in [-0.1, -0.05) is 12.1 Å². The summed E-state index contributed by atoms with van der Waals surface area (Å²) in [5.74, 6) is 7.74. The molecule has 5 nitrogen and oxygen atoms in total. The van der Waals surface area contributed by atoms with Crippen LogP contribution < -0.4 is 10.6 Å². The number of nitrogens with zero attached hydrogens (tertiary/aromatic N) is 3. The van der Waals surface area contributed by atoms with Gasteiger partial charge in [-0.3, -0.25) is 4.98 Å². The number of imidazole rings is 1. The SMILES string of the molecule is COc1ccnc(CCc2nc3ccccc3n2N)c1. The van der Waals surface area contributed by atoms with E-state index in [2.05, 4.69) is 9.97 Å². The Morgan fingerprint density at radius 1 is 1.20 bits per heavy atom. The zero-order valence-corrected chi connectivity index (χ0v) is 11.3. The van der Waals surface area contributed by atoms with Crippen LogP contribution in [-0.2, 0) is 12.8 Å². The van der Waals surface area contributed by atoms with Crippen LogP contribution in [0.1, 0.15) is 11.5 Å². The number of para-hydroxylation sites is 2. The first-order valence-electron chi connectivity index (χ1n) is 6.48. The zero-order valence-electron chi connectivity index (χ0n) is 11.3. The molecule has 2 heterocycles. The molecule has 0 aliphatic heterocycles. The summed E-state index contributed by atoms with van der Waals surface area (Å²) in [4.78, 5) is 8.88. The molecular weight excluding hydrogens is 252 g/mol. The number of hydrogen-bond acceptors (Lipinski definition) is 4. The van der Waals surface area contributed by atoms with E-state index >= 15 is 0 Å². The van der Waals surface area contributed by atoms with E-state index in [1.807, 2.05) is 36.4 Å². The Morgan fingerprint density at radius 3 is 2.85 bits per heavy atom. The molecule has 20 heavy (non-hydrogen) atoms. The fourth-order valence-corrected chi connectivity index (χ4v) is 2.23. The number of aryl methyl sites for hydroxylation is 2. The molecule has 0 bridgehead atoms. The van der Waals surface area contributed by atoms with Crippen LogP contribution in [0, 0.1) is 0 Å². The van der Waals surface area contributed by atoms with Crippen LogP contribution >= 0.6 is 0 Å². The lowest BCUT2D eigenvalue weighted by molar-refractivity contribution is 0.413. The molecule has 0 aliphatic rings. The molecule has 0 radical (unpaired) electrons. The maximum absolute atomic E-state index is 6.07. The van der Waals surface area contributed by atoms with Crippen LogP contribution in [-0.4, -0.2) is 21.8 Å². The molecule has 0 atom stereocenters. The van der Waals surface area contributed by atoms with Crippen molar-refractivity contribution >= 4 is 11.0 Å². The molecule has 102 valence electrons. The zero-order chi connectivity index (χ0) is 13.9. The molecule has 0 saturated carbocycles. The molecule has 0 aliphatic carbocycles. The highest BCUT2D eigenvalue weighted by molar-refractivity contribution is 5.75. The first kappa shape index (κ1) is 12.5. The lowest BCUT2D eigenvalue weighted by Crippen LogP contribution is -2.13. The summed E-state index contributed by atoms with van der Waals surface area (Å²) in [5.41, 5.74) is 2.83. The predicted octanol–water partition coefficient (Wildman–Crippen LogP) is 1.94. The second-order valence-electron chi connectivity index (χ2n) is 4.57. The van der Waals surface area contributed by atoms with Crippen molar-refractivity contribution < 1.29 is 4.74 Å². The number of nitrogens with two attached hydrogens (primary N) is 1. The highest BCUT2D eigenvalue weighted by Crippen LogP contribution is 2.15. The first-order chi connectivity index (χ1) is 9.78. The van der Waals surface area contributed by atoms with Gasteiger partial charge in [0.1, 0.15) is 11.6 Å². The molecule has 0 saturated heterocycles. The minimum absolute atomic E-state index is 0.741. The van der Waals surface area contributed by atoms with E-state index in [-0.39, 0.29) is 0 Å². The highest BCUT2D eigenvalue weighted by atomic mass is 16.5. The Morgan fingerprint density at radius 2 is 2.05 bits per heavy atom. The summed E-state index contributed by atoms with van der Waals surface area (Å²) in [5, 5.41) is 0. The van der Waals surface area contributed by atoms with Crippen molar-refractivity contribution in [1.29, 1.82) is 0 Å². The van der Waals surface area contributed by atoms with Gasteiger partial charge in [0, 0.05) is 24.4 Å². The summed E-state index contributed by atoms with van der Waals surface area (Å²) in [6.07, 6.45) is 3.27. The number of benzene rings is 1. The Labute approximate surface area is 117 Å². The first-order valence-corrected chi connectivity index (χ1v) is 6.48. The molecular formula is C15H16N4O. The number of pyridine rings is 1. The van der Waals surface area contributed by atoms with Gasteiger partial charge >= 0.3 is 0 Å². The fraction of sp³-hybridized carbons (Fsp3) is 0.200. The van der Waals surface area contributed by atoms with Gasteiger partial charge in [-0.2, -0.15) is 0 Å². The fourth-order valence-electron chi connectivity index (χ4n) is 2.23. The lowest BCUT2D eigenvalue weighted by Gasteiger charge is -2.04. The quantitative estimate of drug-likeness (QED) is 0.734. The normalized spacial score (nSPS) is 10.8. The van der Waals surface area contributed by atoms with Gasteiger partial charge in [0.2, 0.25) is 0 Å². The molecule has 3 aromatic rings. The van der Waals surface area contributed by atoms with Crippen molar-refractivity contribution in [3.05, 3.63) is 54.1 Å². The number of hydrogen-bond donors (Lipinski definition) is 1.